The molecule has 1 aliphatic heterocycles. The zero-order chi connectivity index (χ0) is 18.1. The maximum absolute atomic E-state index is 4.97. The van der Waals surface area contributed by atoms with Crippen LogP contribution >= 0.6 is 11.3 Å². The van der Waals surface area contributed by atoms with Crippen LogP contribution in [0.1, 0.15) is 60.7 Å². The molecule has 3 aromatic rings. The fourth-order valence-electron chi connectivity index (χ4n) is 4.39. The fourth-order valence-corrected chi connectivity index (χ4v) is 5.14. The number of hydrogen-bond acceptors (Lipinski definition) is 5. The Kier molecular flexibility index (Phi) is 4.76. The summed E-state index contributed by atoms with van der Waals surface area (Å²) >= 11 is 1.75. The van der Waals surface area contributed by atoms with Gasteiger partial charge in [0.25, 0.3) is 0 Å². The normalized spacial score (nSPS) is 18.5. The summed E-state index contributed by atoms with van der Waals surface area (Å²) in [5.41, 5.74) is 4.98. The van der Waals surface area contributed by atoms with E-state index >= 15 is 0 Å². The maximum Gasteiger partial charge on any atom is 0.131 e. The number of H-pyrrole nitrogens is 1. The largest absolute Gasteiger partial charge is 0.294 e. The van der Waals surface area contributed by atoms with E-state index in [2.05, 4.69) is 38.8 Å². The number of nitrogens with zero attached hydrogens (tertiary/aromatic N) is 4. The summed E-state index contributed by atoms with van der Waals surface area (Å²) in [6.45, 7) is 2.88. The van der Waals surface area contributed by atoms with E-state index in [0.717, 1.165) is 37.6 Å². The van der Waals surface area contributed by atoms with Crippen LogP contribution in [0.2, 0.25) is 0 Å². The molecule has 6 heteroatoms. The van der Waals surface area contributed by atoms with Gasteiger partial charge in [-0.15, -0.1) is 11.3 Å². The van der Waals surface area contributed by atoms with Crippen molar-refractivity contribution in [1.82, 2.24) is 25.1 Å². The lowest BCUT2D eigenvalue weighted by Crippen LogP contribution is -2.31. The minimum Gasteiger partial charge on any atom is -0.294 e. The summed E-state index contributed by atoms with van der Waals surface area (Å²) in [6.07, 6.45) is 11.6. The van der Waals surface area contributed by atoms with Crippen molar-refractivity contribution in [2.24, 2.45) is 0 Å². The molecular formula is C21H25N5S. The topological polar surface area (TPSA) is 57.7 Å². The average Bonchev–Trinajstić information content (AvgIpc) is 3.40. The van der Waals surface area contributed by atoms with Crippen molar-refractivity contribution in [1.29, 1.82) is 0 Å². The highest BCUT2D eigenvalue weighted by atomic mass is 32.1. The lowest BCUT2D eigenvalue weighted by molar-refractivity contribution is 0.242. The predicted molar refractivity (Wildman–Crippen MR) is 108 cm³/mol. The fraction of sp³-hybridized carbons (Fsp3) is 0.476. The average molecular weight is 380 g/mol. The number of fused-ring (bicyclic) bond motifs is 1. The van der Waals surface area contributed by atoms with Crippen LogP contribution in [0.3, 0.4) is 0 Å². The third-order valence-corrected chi connectivity index (χ3v) is 6.77. The first-order valence-corrected chi connectivity index (χ1v) is 10.9. The van der Waals surface area contributed by atoms with Gasteiger partial charge in [-0.1, -0.05) is 25.3 Å². The van der Waals surface area contributed by atoms with Crippen molar-refractivity contribution in [3.63, 3.8) is 0 Å². The molecular weight excluding hydrogens is 354 g/mol. The quantitative estimate of drug-likeness (QED) is 0.723. The Balaban J connectivity index is 1.30. The molecule has 2 aliphatic rings. The molecule has 27 heavy (non-hydrogen) atoms. The molecule has 0 aromatic carbocycles. The zero-order valence-electron chi connectivity index (χ0n) is 15.5. The second-order valence-corrected chi connectivity index (χ2v) is 8.69. The SMILES string of the molecule is c1csc(-c2[nH]ncc2CN2CCc3nc(C4CCCCC4)ncc3C2)c1. The molecule has 1 saturated carbocycles. The monoisotopic (exact) mass is 379 g/mol. The highest BCUT2D eigenvalue weighted by Crippen LogP contribution is 2.32. The molecule has 0 bridgehead atoms. The van der Waals surface area contributed by atoms with Crippen molar-refractivity contribution in [2.75, 3.05) is 6.54 Å². The van der Waals surface area contributed by atoms with E-state index in [-0.39, 0.29) is 0 Å². The summed E-state index contributed by atoms with van der Waals surface area (Å²) in [4.78, 5) is 13.5. The van der Waals surface area contributed by atoms with Crippen LogP contribution in [-0.2, 0) is 19.5 Å². The molecule has 1 N–H and O–H groups in total. The Morgan fingerprint density at radius 1 is 1.19 bits per heavy atom. The Morgan fingerprint density at radius 3 is 2.96 bits per heavy atom. The molecule has 4 heterocycles. The standard InChI is InChI=1S/C21H25N5S/c1-2-5-15(6-3-1)21-22-11-16-13-26(9-8-18(16)24-21)14-17-12-23-25-20(17)19-7-4-10-27-19/h4,7,10-12,15H,1-3,5-6,8-9,13-14H2,(H,23,25). The second kappa shape index (κ2) is 7.52. The van der Waals surface area contributed by atoms with E-state index in [1.807, 2.05) is 6.20 Å². The molecule has 3 aromatic heterocycles. The van der Waals surface area contributed by atoms with E-state index in [4.69, 9.17) is 9.97 Å². The molecule has 0 spiro atoms. The van der Waals surface area contributed by atoms with Crippen LogP contribution in [0.5, 0.6) is 0 Å². The minimum atomic E-state index is 0.585. The molecule has 5 nitrogen and oxygen atoms in total. The van der Waals surface area contributed by atoms with Gasteiger partial charge in [0, 0.05) is 55.0 Å². The lowest BCUT2D eigenvalue weighted by Gasteiger charge is -2.29. The van der Waals surface area contributed by atoms with Crippen LogP contribution < -0.4 is 0 Å². The number of rotatable bonds is 4. The van der Waals surface area contributed by atoms with E-state index in [9.17, 15) is 0 Å². The number of thiophene rings is 1. The van der Waals surface area contributed by atoms with Crippen LogP contribution in [0.25, 0.3) is 10.6 Å². The number of aromatic nitrogens is 4. The molecule has 1 aliphatic carbocycles. The van der Waals surface area contributed by atoms with E-state index in [0.29, 0.717) is 5.92 Å². The van der Waals surface area contributed by atoms with Gasteiger partial charge < -0.3 is 0 Å². The Hall–Kier alpha value is -2.05. The molecule has 5 rings (SSSR count). The van der Waals surface area contributed by atoms with E-state index in [1.165, 1.54) is 53.8 Å². The van der Waals surface area contributed by atoms with E-state index < -0.39 is 0 Å². The summed E-state index contributed by atoms with van der Waals surface area (Å²) in [7, 11) is 0. The van der Waals surface area contributed by atoms with Gasteiger partial charge in [-0.2, -0.15) is 5.10 Å². The third-order valence-electron chi connectivity index (χ3n) is 5.88. The minimum absolute atomic E-state index is 0.585. The highest BCUT2D eigenvalue weighted by molar-refractivity contribution is 7.13. The van der Waals surface area contributed by atoms with Gasteiger partial charge >= 0.3 is 0 Å². The van der Waals surface area contributed by atoms with Crippen molar-refractivity contribution in [3.8, 4) is 10.6 Å². The summed E-state index contributed by atoms with van der Waals surface area (Å²) in [5, 5.41) is 9.56. The maximum atomic E-state index is 4.97. The van der Waals surface area contributed by atoms with Crippen LogP contribution in [0.4, 0.5) is 0 Å². The number of hydrogen-bond donors (Lipinski definition) is 1. The Labute approximate surface area is 163 Å². The van der Waals surface area contributed by atoms with Crippen LogP contribution in [0.15, 0.2) is 29.9 Å². The summed E-state index contributed by atoms with van der Waals surface area (Å²) < 4.78 is 0. The predicted octanol–water partition coefficient (Wildman–Crippen LogP) is 4.53. The van der Waals surface area contributed by atoms with Gasteiger partial charge in [-0.05, 0) is 24.3 Å². The van der Waals surface area contributed by atoms with Gasteiger partial charge in [0.1, 0.15) is 5.82 Å². The highest BCUT2D eigenvalue weighted by Gasteiger charge is 2.23. The van der Waals surface area contributed by atoms with Gasteiger partial charge in [0.15, 0.2) is 0 Å². The van der Waals surface area contributed by atoms with Crippen molar-refractivity contribution in [3.05, 3.63) is 52.6 Å². The van der Waals surface area contributed by atoms with Crippen molar-refractivity contribution >= 4 is 11.3 Å². The third kappa shape index (κ3) is 3.56. The molecule has 0 atom stereocenters. The first-order chi connectivity index (χ1) is 13.4. The zero-order valence-corrected chi connectivity index (χ0v) is 16.3. The first-order valence-electron chi connectivity index (χ1n) is 10.00. The van der Waals surface area contributed by atoms with Gasteiger partial charge in [0.05, 0.1) is 16.8 Å². The Morgan fingerprint density at radius 2 is 2.11 bits per heavy atom. The second-order valence-electron chi connectivity index (χ2n) is 7.74. The van der Waals surface area contributed by atoms with Gasteiger partial charge in [0.2, 0.25) is 0 Å². The van der Waals surface area contributed by atoms with Crippen LogP contribution in [-0.4, -0.2) is 31.6 Å². The van der Waals surface area contributed by atoms with Crippen molar-refractivity contribution < 1.29 is 0 Å². The molecule has 0 saturated heterocycles. The van der Waals surface area contributed by atoms with Gasteiger partial charge in [-0.3, -0.25) is 10.00 Å². The molecule has 140 valence electrons. The smallest absolute Gasteiger partial charge is 0.131 e. The lowest BCUT2D eigenvalue weighted by atomic mass is 9.88. The molecule has 0 amide bonds. The van der Waals surface area contributed by atoms with Crippen molar-refractivity contribution in [2.45, 2.75) is 57.5 Å². The molecule has 0 radical (unpaired) electrons. The van der Waals surface area contributed by atoms with Gasteiger partial charge in [-0.25, -0.2) is 9.97 Å². The number of nitrogens with one attached hydrogen (secondary N) is 1. The summed E-state index contributed by atoms with van der Waals surface area (Å²) in [6, 6.07) is 4.23. The number of aromatic amines is 1. The summed E-state index contributed by atoms with van der Waals surface area (Å²) in [5.74, 6) is 1.68. The molecule has 0 unspecified atom stereocenters. The molecule has 1 fully saturated rings. The first kappa shape index (κ1) is 17.1. The Bertz CT molecular complexity index is 895. The van der Waals surface area contributed by atoms with E-state index in [1.54, 1.807) is 11.3 Å². The van der Waals surface area contributed by atoms with Crippen LogP contribution in [0, 0.1) is 0 Å².